The van der Waals surface area contributed by atoms with E-state index in [2.05, 4.69) is 0 Å². The van der Waals surface area contributed by atoms with E-state index in [0.29, 0.717) is 30.6 Å². The number of nitrogens with zero attached hydrogens (tertiary/aromatic N) is 1. The molecule has 0 unspecified atom stereocenters. The fourth-order valence-corrected chi connectivity index (χ4v) is 3.98. The van der Waals surface area contributed by atoms with Gasteiger partial charge >= 0.3 is 0 Å². The van der Waals surface area contributed by atoms with E-state index in [4.69, 9.17) is 5.21 Å². The number of carbonyl (C=O) groups is 2. The Morgan fingerprint density at radius 3 is 2.56 bits per heavy atom. The van der Waals surface area contributed by atoms with Crippen molar-refractivity contribution in [2.75, 3.05) is 11.4 Å². The minimum Gasteiger partial charge on any atom is -0.312 e. The Kier molecular flexibility index (Phi) is 3.58. The lowest BCUT2D eigenvalue weighted by Crippen LogP contribution is -2.35. The van der Waals surface area contributed by atoms with E-state index in [1.54, 1.807) is 34.6 Å². The third-order valence-corrected chi connectivity index (χ3v) is 5.28. The molecule has 5 nitrogen and oxygen atoms in total. The summed E-state index contributed by atoms with van der Waals surface area (Å²) in [6.45, 7) is 0.600. The number of hydrogen-bond donors (Lipinski definition) is 2. The van der Waals surface area contributed by atoms with E-state index in [-0.39, 0.29) is 11.7 Å². The summed E-state index contributed by atoms with van der Waals surface area (Å²) in [5.41, 5.74) is 4.24. The second-order valence-corrected chi connectivity index (χ2v) is 6.74. The molecule has 4 rings (SSSR count). The van der Waals surface area contributed by atoms with Crippen molar-refractivity contribution >= 4 is 17.5 Å². The zero-order valence-electron chi connectivity index (χ0n) is 13.5. The molecule has 0 aromatic heterocycles. The Morgan fingerprint density at radius 1 is 1.12 bits per heavy atom. The van der Waals surface area contributed by atoms with Gasteiger partial charge in [-0.3, -0.25) is 14.8 Å². The quantitative estimate of drug-likeness (QED) is 0.652. The van der Waals surface area contributed by atoms with Crippen LogP contribution in [-0.2, 0) is 17.6 Å². The van der Waals surface area contributed by atoms with Crippen molar-refractivity contribution in [3.63, 3.8) is 0 Å². The van der Waals surface area contributed by atoms with Crippen molar-refractivity contribution in [2.45, 2.75) is 19.3 Å². The van der Waals surface area contributed by atoms with Gasteiger partial charge in [-0.25, -0.2) is 9.87 Å². The number of benzene rings is 2. The minimum atomic E-state index is -0.561. The maximum Gasteiger partial charge on any atom is 0.274 e. The maximum atomic E-state index is 13.1. The molecule has 128 valence electrons. The molecule has 1 spiro atoms. The largest absolute Gasteiger partial charge is 0.312 e. The lowest BCUT2D eigenvalue weighted by Gasteiger charge is -2.22. The Bertz CT molecular complexity index is 865. The van der Waals surface area contributed by atoms with E-state index >= 15 is 0 Å². The number of nitrogens with one attached hydrogen (secondary N) is 1. The van der Waals surface area contributed by atoms with Crippen LogP contribution in [0.1, 0.15) is 27.9 Å². The minimum absolute atomic E-state index is 0.0449. The number of hydroxylamine groups is 1. The van der Waals surface area contributed by atoms with Crippen LogP contribution in [0.4, 0.5) is 10.1 Å². The van der Waals surface area contributed by atoms with E-state index in [0.717, 1.165) is 17.5 Å². The van der Waals surface area contributed by atoms with Gasteiger partial charge in [-0.2, -0.15) is 0 Å². The molecule has 2 amide bonds. The van der Waals surface area contributed by atoms with Gasteiger partial charge in [-0.15, -0.1) is 0 Å². The summed E-state index contributed by atoms with van der Waals surface area (Å²) in [5.74, 6) is -0.842. The van der Waals surface area contributed by atoms with Crippen LogP contribution in [0.5, 0.6) is 0 Å². The highest BCUT2D eigenvalue weighted by molar-refractivity contribution is 6.01. The van der Waals surface area contributed by atoms with Crippen LogP contribution in [0, 0.1) is 11.2 Å². The molecule has 2 aliphatic rings. The van der Waals surface area contributed by atoms with Crippen molar-refractivity contribution in [1.29, 1.82) is 0 Å². The molecule has 0 bridgehead atoms. The lowest BCUT2D eigenvalue weighted by molar-refractivity contribution is -0.125. The number of rotatable bonds is 2. The third-order valence-electron chi connectivity index (χ3n) is 5.28. The van der Waals surface area contributed by atoms with Crippen LogP contribution >= 0.6 is 0 Å². The summed E-state index contributed by atoms with van der Waals surface area (Å²) in [6, 6.07) is 11.2. The first kappa shape index (κ1) is 15.8. The molecule has 2 aromatic carbocycles. The van der Waals surface area contributed by atoms with Crippen molar-refractivity contribution in [3.05, 3.63) is 65.0 Å². The standard InChI is InChI=1S/C19H17FN2O3/c20-15-3-5-16(6-4-15)22-8-7-19(18(22)24)10-13-2-1-12(17(23)21-25)9-14(13)11-19/h1-6,9,25H,7-8,10-11H2,(H,21,23)/t19-/m1/s1. The topological polar surface area (TPSA) is 69.6 Å². The molecule has 25 heavy (non-hydrogen) atoms. The molecule has 0 saturated carbocycles. The number of amides is 2. The molecule has 2 N–H and O–H groups in total. The number of halogens is 1. The zero-order chi connectivity index (χ0) is 17.6. The van der Waals surface area contributed by atoms with Gasteiger partial charge in [0.15, 0.2) is 0 Å². The molecule has 0 radical (unpaired) electrons. The number of anilines is 1. The normalized spacial score (nSPS) is 21.7. The summed E-state index contributed by atoms with van der Waals surface area (Å²) in [6.07, 6.45) is 1.94. The monoisotopic (exact) mass is 340 g/mol. The molecule has 1 saturated heterocycles. The van der Waals surface area contributed by atoms with Gasteiger partial charge in [-0.1, -0.05) is 6.07 Å². The Hall–Kier alpha value is -2.73. The van der Waals surface area contributed by atoms with Crippen molar-refractivity contribution in [3.8, 4) is 0 Å². The summed E-state index contributed by atoms with van der Waals surface area (Å²) in [7, 11) is 0. The molecule has 1 fully saturated rings. The van der Waals surface area contributed by atoms with Crippen molar-refractivity contribution < 1.29 is 19.2 Å². The van der Waals surface area contributed by atoms with Crippen LogP contribution in [0.25, 0.3) is 0 Å². The zero-order valence-corrected chi connectivity index (χ0v) is 13.5. The molecular weight excluding hydrogens is 323 g/mol. The second-order valence-electron chi connectivity index (χ2n) is 6.74. The Labute approximate surface area is 144 Å². The maximum absolute atomic E-state index is 13.1. The Balaban J connectivity index is 1.60. The predicted molar refractivity (Wildman–Crippen MR) is 88.9 cm³/mol. The molecule has 1 atom stereocenters. The first-order chi connectivity index (χ1) is 12.0. The molecule has 1 aliphatic carbocycles. The molecule has 1 aliphatic heterocycles. The Morgan fingerprint density at radius 2 is 1.84 bits per heavy atom. The SMILES string of the molecule is O=C(NO)c1ccc2c(c1)C[C@@]1(CCN(c3ccc(F)cc3)C1=O)C2. The van der Waals surface area contributed by atoms with Gasteiger partial charge in [0.05, 0.1) is 5.41 Å². The molecule has 2 aromatic rings. The van der Waals surface area contributed by atoms with Gasteiger partial charge in [-0.05, 0) is 66.8 Å². The summed E-state index contributed by atoms with van der Waals surface area (Å²) >= 11 is 0. The van der Waals surface area contributed by atoms with Gasteiger partial charge < -0.3 is 4.90 Å². The van der Waals surface area contributed by atoms with Gasteiger partial charge in [0.25, 0.3) is 5.91 Å². The third kappa shape index (κ3) is 2.49. The van der Waals surface area contributed by atoms with Gasteiger partial charge in [0, 0.05) is 17.8 Å². The van der Waals surface area contributed by atoms with Crippen LogP contribution in [-0.4, -0.2) is 23.6 Å². The number of fused-ring (bicyclic) bond motifs is 1. The highest BCUT2D eigenvalue weighted by Crippen LogP contribution is 2.46. The van der Waals surface area contributed by atoms with Crippen molar-refractivity contribution in [2.24, 2.45) is 5.41 Å². The fourth-order valence-electron chi connectivity index (χ4n) is 3.98. The average Bonchev–Trinajstić information content (AvgIpc) is 3.15. The van der Waals surface area contributed by atoms with Gasteiger partial charge in [0.1, 0.15) is 5.82 Å². The van der Waals surface area contributed by atoms with Crippen LogP contribution < -0.4 is 10.4 Å². The highest BCUT2D eigenvalue weighted by atomic mass is 19.1. The predicted octanol–water partition coefficient (Wildman–Crippen LogP) is 2.47. The second kappa shape index (κ2) is 5.67. The van der Waals surface area contributed by atoms with Crippen LogP contribution in [0.15, 0.2) is 42.5 Å². The number of carbonyl (C=O) groups excluding carboxylic acids is 2. The van der Waals surface area contributed by atoms with E-state index in [1.807, 2.05) is 6.07 Å². The van der Waals surface area contributed by atoms with Gasteiger partial charge in [0.2, 0.25) is 5.91 Å². The van der Waals surface area contributed by atoms with E-state index in [1.165, 1.54) is 12.1 Å². The molecule has 1 heterocycles. The first-order valence-corrected chi connectivity index (χ1v) is 8.16. The van der Waals surface area contributed by atoms with E-state index < -0.39 is 11.3 Å². The smallest absolute Gasteiger partial charge is 0.274 e. The summed E-state index contributed by atoms with van der Waals surface area (Å²) in [5, 5.41) is 8.78. The highest BCUT2D eigenvalue weighted by Gasteiger charge is 2.50. The fraction of sp³-hybridized carbons (Fsp3) is 0.263. The lowest BCUT2D eigenvalue weighted by atomic mass is 9.83. The summed E-state index contributed by atoms with van der Waals surface area (Å²) < 4.78 is 13.1. The molecule has 6 heteroatoms. The molecular formula is C19H17FN2O3. The summed E-state index contributed by atoms with van der Waals surface area (Å²) in [4.78, 5) is 26.4. The van der Waals surface area contributed by atoms with Crippen LogP contribution in [0.3, 0.4) is 0 Å². The van der Waals surface area contributed by atoms with Crippen LogP contribution in [0.2, 0.25) is 0 Å². The average molecular weight is 340 g/mol. The number of hydrogen-bond acceptors (Lipinski definition) is 3. The first-order valence-electron chi connectivity index (χ1n) is 8.16. The van der Waals surface area contributed by atoms with E-state index in [9.17, 15) is 14.0 Å². The van der Waals surface area contributed by atoms with Crippen molar-refractivity contribution in [1.82, 2.24) is 5.48 Å².